The quantitative estimate of drug-likeness (QED) is 0.226. The standard InChI is InChI=1S/C10H16F3N5O/c11-10(12,13)8(9(14)17-19)7-15-3-1-5-18-6-2-4-16-18/h2,4,6,8,15,19H,1,3,5,7H2,(H2,14,17). The Hall–Kier alpha value is -1.77. The Labute approximate surface area is 108 Å². The number of aryl methyl sites for hydroxylation is 1. The molecule has 1 rings (SSSR count). The van der Waals surface area contributed by atoms with Crippen LogP contribution in [0.25, 0.3) is 0 Å². The number of hydrogen-bond acceptors (Lipinski definition) is 4. The molecule has 0 aliphatic heterocycles. The first-order chi connectivity index (χ1) is 8.95. The lowest BCUT2D eigenvalue weighted by Gasteiger charge is -2.19. The van der Waals surface area contributed by atoms with E-state index in [1.165, 1.54) is 0 Å². The van der Waals surface area contributed by atoms with Crippen LogP contribution in [0.2, 0.25) is 0 Å². The summed E-state index contributed by atoms with van der Waals surface area (Å²) in [5.74, 6) is -2.82. The third kappa shape index (κ3) is 5.16. The van der Waals surface area contributed by atoms with Gasteiger partial charge in [-0.2, -0.15) is 18.3 Å². The lowest BCUT2D eigenvalue weighted by molar-refractivity contribution is -0.154. The Morgan fingerprint density at radius 3 is 2.79 bits per heavy atom. The van der Waals surface area contributed by atoms with Crippen molar-refractivity contribution in [3.63, 3.8) is 0 Å². The van der Waals surface area contributed by atoms with E-state index in [1.807, 2.05) is 0 Å². The Balaban J connectivity index is 2.29. The van der Waals surface area contributed by atoms with E-state index in [1.54, 1.807) is 23.1 Å². The van der Waals surface area contributed by atoms with Crippen molar-refractivity contribution in [2.75, 3.05) is 13.1 Å². The Kier molecular flexibility index (Phi) is 5.61. The van der Waals surface area contributed by atoms with Crippen LogP contribution in [0.5, 0.6) is 0 Å². The maximum absolute atomic E-state index is 12.6. The number of hydrogen-bond donors (Lipinski definition) is 3. The van der Waals surface area contributed by atoms with Crippen molar-refractivity contribution < 1.29 is 18.4 Å². The van der Waals surface area contributed by atoms with Gasteiger partial charge >= 0.3 is 6.18 Å². The summed E-state index contributed by atoms with van der Waals surface area (Å²) in [6.45, 7) is 0.573. The third-order valence-electron chi connectivity index (χ3n) is 2.52. The van der Waals surface area contributed by atoms with Gasteiger partial charge in [0.2, 0.25) is 0 Å². The van der Waals surface area contributed by atoms with Gasteiger partial charge in [-0.3, -0.25) is 4.68 Å². The van der Waals surface area contributed by atoms with Crippen molar-refractivity contribution in [2.24, 2.45) is 16.8 Å². The minimum atomic E-state index is -4.54. The van der Waals surface area contributed by atoms with Gasteiger partial charge in [-0.1, -0.05) is 5.16 Å². The molecule has 1 aromatic heterocycles. The van der Waals surface area contributed by atoms with Crippen molar-refractivity contribution in [1.82, 2.24) is 15.1 Å². The fraction of sp³-hybridized carbons (Fsp3) is 0.600. The summed E-state index contributed by atoms with van der Waals surface area (Å²) < 4.78 is 39.4. The largest absolute Gasteiger partial charge is 0.409 e. The molecule has 1 aromatic rings. The summed E-state index contributed by atoms with van der Waals surface area (Å²) in [5, 5.41) is 17.3. The van der Waals surface area contributed by atoms with Crippen molar-refractivity contribution in [3.05, 3.63) is 18.5 Å². The highest BCUT2D eigenvalue weighted by atomic mass is 19.4. The van der Waals surface area contributed by atoms with Crippen LogP contribution in [-0.2, 0) is 6.54 Å². The third-order valence-corrected chi connectivity index (χ3v) is 2.52. The highest BCUT2D eigenvalue weighted by molar-refractivity contribution is 5.83. The molecule has 1 atom stereocenters. The average Bonchev–Trinajstić information content (AvgIpc) is 2.84. The van der Waals surface area contributed by atoms with Gasteiger partial charge < -0.3 is 16.3 Å². The van der Waals surface area contributed by atoms with E-state index in [4.69, 9.17) is 10.9 Å². The van der Waals surface area contributed by atoms with Crippen LogP contribution in [0.15, 0.2) is 23.6 Å². The molecule has 0 aromatic carbocycles. The van der Waals surface area contributed by atoms with Gasteiger partial charge in [0.1, 0.15) is 5.92 Å². The molecule has 0 bridgehead atoms. The molecule has 1 unspecified atom stereocenters. The monoisotopic (exact) mass is 279 g/mol. The number of amidine groups is 1. The SMILES string of the molecule is N/C(=N/O)C(CNCCCn1cccn1)C(F)(F)F. The van der Waals surface area contributed by atoms with Crippen LogP contribution < -0.4 is 11.1 Å². The second-order valence-corrected chi connectivity index (χ2v) is 3.95. The van der Waals surface area contributed by atoms with E-state index in [0.29, 0.717) is 19.5 Å². The maximum Gasteiger partial charge on any atom is 0.400 e. The Morgan fingerprint density at radius 2 is 2.26 bits per heavy atom. The average molecular weight is 279 g/mol. The molecule has 0 saturated heterocycles. The number of nitrogens with two attached hydrogens (primary N) is 1. The first kappa shape index (κ1) is 15.3. The lowest BCUT2D eigenvalue weighted by atomic mass is 10.1. The van der Waals surface area contributed by atoms with Crippen LogP contribution >= 0.6 is 0 Å². The van der Waals surface area contributed by atoms with Gasteiger partial charge in [-0.15, -0.1) is 0 Å². The first-order valence-corrected chi connectivity index (χ1v) is 5.67. The van der Waals surface area contributed by atoms with Gasteiger partial charge in [0.15, 0.2) is 5.84 Å². The van der Waals surface area contributed by atoms with Gasteiger partial charge in [-0.05, 0) is 19.0 Å². The van der Waals surface area contributed by atoms with Gasteiger partial charge in [0, 0.05) is 25.5 Å². The second-order valence-electron chi connectivity index (χ2n) is 3.95. The van der Waals surface area contributed by atoms with E-state index in [9.17, 15) is 13.2 Å². The van der Waals surface area contributed by atoms with Crippen molar-refractivity contribution in [2.45, 2.75) is 19.1 Å². The highest BCUT2D eigenvalue weighted by Gasteiger charge is 2.42. The molecule has 19 heavy (non-hydrogen) atoms. The van der Waals surface area contributed by atoms with Crippen LogP contribution in [-0.4, -0.2) is 40.1 Å². The highest BCUT2D eigenvalue weighted by Crippen LogP contribution is 2.25. The number of nitrogens with zero attached hydrogens (tertiary/aromatic N) is 3. The minimum absolute atomic E-state index is 0.380. The Bertz CT molecular complexity index is 390. The van der Waals surface area contributed by atoms with Crippen LogP contribution in [0.3, 0.4) is 0 Å². The Morgan fingerprint density at radius 1 is 1.53 bits per heavy atom. The van der Waals surface area contributed by atoms with Crippen molar-refractivity contribution in [3.8, 4) is 0 Å². The van der Waals surface area contributed by atoms with Crippen molar-refractivity contribution in [1.29, 1.82) is 0 Å². The molecule has 108 valence electrons. The number of oxime groups is 1. The lowest BCUT2D eigenvalue weighted by Crippen LogP contribution is -2.43. The molecule has 0 spiro atoms. The zero-order valence-corrected chi connectivity index (χ0v) is 10.1. The predicted molar refractivity (Wildman–Crippen MR) is 62.7 cm³/mol. The van der Waals surface area contributed by atoms with Crippen LogP contribution in [0.4, 0.5) is 13.2 Å². The molecule has 0 aliphatic rings. The van der Waals surface area contributed by atoms with Gasteiger partial charge in [0.05, 0.1) is 0 Å². The van der Waals surface area contributed by atoms with Gasteiger partial charge in [-0.25, -0.2) is 0 Å². The van der Waals surface area contributed by atoms with E-state index in [2.05, 4.69) is 15.6 Å². The maximum atomic E-state index is 12.6. The summed E-state index contributed by atoms with van der Waals surface area (Å²) in [7, 11) is 0. The molecule has 0 amide bonds. The summed E-state index contributed by atoms with van der Waals surface area (Å²) in [5.41, 5.74) is 5.02. The fourth-order valence-corrected chi connectivity index (χ4v) is 1.50. The number of halogens is 3. The normalized spacial score (nSPS) is 14.6. The fourth-order valence-electron chi connectivity index (χ4n) is 1.50. The number of rotatable bonds is 7. The molecule has 0 fully saturated rings. The molecular formula is C10H16F3N5O. The van der Waals surface area contributed by atoms with E-state index < -0.39 is 24.5 Å². The first-order valence-electron chi connectivity index (χ1n) is 5.67. The molecule has 0 aliphatic carbocycles. The summed E-state index contributed by atoms with van der Waals surface area (Å²) in [6.07, 6.45) is -0.506. The number of aromatic nitrogens is 2. The summed E-state index contributed by atoms with van der Waals surface area (Å²) in [6, 6.07) is 1.77. The summed E-state index contributed by atoms with van der Waals surface area (Å²) in [4.78, 5) is 0. The minimum Gasteiger partial charge on any atom is -0.409 e. The van der Waals surface area contributed by atoms with Crippen molar-refractivity contribution >= 4 is 5.84 Å². The molecule has 1 heterocycles. The molecule has 9 heteroatoms. The second kappa shape index (κ2) is 6.98. The zero-order valence-electron chi connectivity index (χ0n) is 10.1. The van der Waals surface area contributed by atoms with E-state index in [0.717, 1.165) is 0 Å². The molecule has 4 N–H and O–H groups in total. The number of nitrogens with one attached hydrogen (secondary N) is 1. The number of alkyl halides is 3. The molecule has 6 nitrogen and oxygen atoms in total. The van der Waals surface area contributed by atoms with E-state index in [-0.39, 0.29) is 0 Å². The summed E-state index contributed by atoms with van der Waals surface area (Å²) >= 11 is 0. The van der Waals surface area contributed by atoms with Gasteiger partial charge in [0.25, 0.3) is 0 Å². The zero-order chi connectivity index (χ0) is 14.3. The van der Waals surface area contributed by atoms with E-state index >= 15 is 0 Å². The topological polar surface area (TPSA) is 88.5 Å². The molecule has 0 radical (unpaired) electrons. The molecular weight excluding hydrogens is 263 g/mol. The van der Waals surface area contributed by atoms with Crippen LogP contribution in [0.1, 0.15) is 6.42 Å². The van der Waals surface area contributed by atoms with Crippen LogP contribution in [0, 0.1) is 5.92 Å². The smallest absolute Gasteiger partial charge is 0.400 e. The molecule has 0 saturated carbocycles. The predicted octanol–water partition coefficient (Wildman–Crippen LogP) is 0.788.